The first-order valence-electron chi connectivity index (χ1n) is 8.49. The molecule has 0 fully saturated rings. The van der Waals surface area contributed by atoms with E-state index < -0.39 is 0 Å². The molecular weight excluding hydrogens is 298 g/mol. The fourth-order valence-corrected chi connectivity index (χ4v) is 3.01. The van der Waals surface area contributed by atoms with Crippen LogP contribution in [0.4, 0.5) is 0 Å². The van der Waals surface area contributed by atoms with Crippen LogP contribution in [0.15, 0.2) is 59.4 Å². The topological polar surface area (TPSA) is 57.8 Å². The minimum Gasteiger partial charge on any atom is -0.309 e. The SMILES string of the molecule is CCC[C@@H](N[C@@H](C)c1nc2ccccc2c(=O)[nH]1)c1ccccc1. The van der Waals surface area contributed by atoms with E-state index in [1.165, 1.54) is 5.56 Å². The minimum absolute atomic E-state index is 0.0425. The van der Waals surface area contributed by atoms with Gasteiger partial charge < -0.3 is 10.3 Å². The van der Waals surface area contributed by atoms with Crippen molar-refractivity contribution in [3.63, 3.8) is 0 Å². The molecule has 124 valence electrons. The number of nitrogens with one attached hydrogen (secondary N) is 2. The second-order valence-corrected chi connectivity index (χ2v) is 6.11. The first-order chi connectivity index (χ1) is 11.7. The molecule has 4 heteroatoms. The van der Waals surface area contributed by atoms with Crippen LogP contribution in [0, 0.1) is 0 Å². The largest absolute Gasteiger partial charge is 0.309 e. The van der Waals surface area contributed by atoms with Gasteiger partial charge in [0, 0.05) is 6.04 Å². The Hall–Kier alpha value is -2.46. The molecule has 1 aromatic heterocycles. The van der Waals surface area contributed by atoms with Gasteiger partial charge in [-0.25, -0.2) is 4.98 Å². The van der Waals surface area contributed by atoms with E-state index in [4.69, 9.17) is 0 Å². The summed E-state index contributed by atoms with van der Waals surface area (Å²) >= 11 is 0. The van der Waals surface area contributed by atoms with Crippen molar-refractivity contribution in [3.8, 4) is 0 Å². The zero-order valence-corrected chi connectivity index (χ0v) is 14.1. The zero-order valence-electron chi connectivity index (χ0n) is 14.1. The number of H-pyrrole nitrogens is 1. The predicted octanol–water partition coefficient (Wildman–Crippen LogP) is 4.12. The van der Waals surface area contributed by atoms with E-state index >= 15 is 0 Å². The van der Waals surface area contributed by atoms with E-state index in [1.807, 2.05) is 31.2 Å². The Bertz CT molecular complexity index is 857. The highest BCUT2D eigenvalue weighted by atomic mass is 16.1. The third-order valence-electron chi connectivity index (χ3n) is 4.27. The van der Waals surface area contributed by atoms with Gasteiger partial charge in [-0.3, -0.25) is 4.79 Å². The Kier molecular flexibility index (Phi) is 5.06. The number of aromatic nitrogens is 2. The van der Waals surface area contributed by atoms with Crippen molar-refractivity contribution in [1.82, 2.24) is 15.3 Å². The van der Waals surface area contributed by atoms with Gasteiger partial charge in [-0.05, 0) is 31.0 Å². The Morgan fingerprint density at radius 2 is 1.79 bits per heavy atom. The second-order valence-electron chi connectivity index (χ2n) is 6.11. The Morgan fingerprint density at radius 3 is 2.54 bits per heavy atom. The standard InChI is InChI=1S/C20H23N3O/c1-3-9-17(15-10-5-4-6-11-15)21-14(2)19-22-18-13-8-7-12-16(18)20(24)23-19/h4-8,10-14,17,21H,3,9H2,1-2H3,(H,22,23,24)/t14-,17+/m0/s1. The molecule has 0 aliphatic rings. The van der Waals surface area contributed by atoms with Gasteiger partial charge in [-0.15, -0.1) is 0 Å². The molecule has 0 unspecified atom stereocenters. The number of fused-ring (bicyclic) bond motifs is 1. The lowest BCUT2D eigenvalue weighted by Crippen LogP contribution is -2.27. The molecule has 0 spiro atoms. The maximum atomic E-state index is 12.3. The predicted molar refractivity (Wildman–Crippen MR) is 98.0 cm³/mol. The van der Waals surface area contributed by atoms with Crippen LogP contribution >= 0.6 is 0 Å². The summed E-state index contributed by atoms with van der Waals surface area (Å²) in [5.74, 6) is 0.677. The van der Waals surface area contributed by atoms with Crippen LogP contribution in [0.3, 0.4) is 0 Å². The van der Waals surface area contributed by atoms with Crippen LogP contribution in [0.2, 0.25) is 0 Å². The van der Waals surface area contributed by atoms with Gasteiger partial charge in [0.1, 0.15) is 5.82 Å². The van der Waals surface area contributed by atoms with Crippen molar-refractivity contribution in [2.75, 3.05) is 0 Å². The molecule has 0 saturated carbocycles. The Balaban J connectivity index is 1.88. The number of para-hydroxylation sites is 1. The van der Waals surface area contributed by atoms with E-state index in [9.17, 15) is 4.79 Å². The molecule has 2 aromatic carbocycles. The molecule has 3 rings (SSSR count). The number of nitrogens with zero attached hydrogens (tertiary/aromatic N) is 1. The molecule has 2 atom stereocenters. The summed E-state index contributed by atoms with van der Waals surface area (Å²) in [6.45, 7) is 4.22. The minimum atomic E-state index is -0.0870. The van der Waals surface area contributed by atoms with E-state index in [2.05, 4.69) is 46.5 Å². The molecule has 4 nitrogen and oxygen atoms in total. The van der Waals surface area contributed by atoms with Gasteiger partial charge in [0.15, 0.2) is 0 Å². The zero-order chi connectivity index (χ0) is 16.9. The first-order valence-corrected chi connectivity index (χ1v) is 8.49. The summed E-state index contributed by atoms with van der Waals surface area (Å²) < 4.78 is 0. The molecule has 3 aromatic rings. The summed E-state index contributed by atoms with van der Waals surface area (Å²) in [5, 5.41) is 4.24. The lowest BCUT2D eigenvalue weighted by molar-refractivity contribution is 0.428. The van der Waals surface area contributed by atoms with Gasteiger partial charge in [0.25, 0.3) is 5.56 Å². The summed E-state index contributed by atoms with van der Waals surface area (Å²) in [5.41, 5.74) is 1.90. The number of benzene rings is 2. The molecule has 0 aliphatic heterocycles. The van der Waals surface area contributed by atoms with Gasteiger partial charge in [-0.1, -0.05) is 55.8 Å². The lowest BCUT2D eigenvalue weighted by atomic mass is 10.0. The highest BCUT2D eigenvalue weighted by molar-refractivity contribution is 5.77. The summed E-state index contributed by atoms with van der Waals surface area (Å²) in [4.78, 5) is 19.8. The molecule has 0 amide bonds. The van der Waals surface area contributed by atoms with Gasteiger partial charge in [0.05, 0.1) is 16.9 Å². The van der Waals surface area contributed by atoms with Crippen LogP contribution in [0.25, 0.3) is 10.9 Å². The van der Waals surface area contributed by atoms with Gasteiger partial charge in [-0.2, -0.15) is 0 Å². The van der Waals surface area contributed by atoms with Crippen molar-refractivity contribution in [3.05, 3.63) is 76.3 Å². The van der Waals surface area contributed by atoms with Gasteiger partial charge >= 0.3 is 0 Å². The molecule has 0 bridgehead atoms. The Morgan fingerprint density at radius 1 is 1.08 bits per heavy atom. The van der Waals surface area contributed by atoms with Crippen molar-refractivity contribution in [2.24, 2.45) is 0 Å². The third-order valence-corrected chi connectivity index (χ3v) is 4.27. The van der Waals surface area contributed by atoms with E-state index in [0.29, 0.717) is 11.2 Å². The van der Waals surface area contributed by atoms with Crippen LogP contribution in [-0.4, -0.2) is 9.97 Å². The van der Waals surface area contributed by atoms with E-state index in [1.54, 1.807) is 6.07 Å². The third kappa shape index (κ3) is 3.54. The Labute approximate surface area is 142 Å². The van der Waals surface area contributed by atoms with Crippen molar-refractivity contribution in [2.45, 2.75) is 38.8 Å². The average molecular weight is 321 g/mol. The lowest BCUT2D eigenvalue weighted by Gasteiger charge is -2.23. The first kappa shape index (κ1) is 16.4. The second kappa shape index (κ2) is 7.41. The fourth-order valence-electron chi connectivity index (χ4n) is 3.01. The van der Waals surface area contributed by atoms with Crippen molar-refractivity contribution in [1.29, 1.82) is 0 Å². The van der Waals surface area contributed by atoms with Crippen LogP contribution in [0.5, 0.6) is 0 Å². The smallest absolute Gasteiger partial charge is 0.258 e. The summed E-state index contributed by atoms with van der Waals surface area (Å²) in [6, 6.07) is 18.0. The maximum absolute atomic E-state index is 12.3. The molecule has 1 heterocycles. The normalized spacial score (nSPS) is 13.8. The number of rotatable bonds is 6. The monoisotopic (exact) mass is 321 g/mol. The summed E-state index contributed by atoms with van der Waals surface area (Å²) in [7, 11) is 0. The molecular formula is C20H23N3O. The molecule has 0 saturated heterocycles. The quantitative estimate of drug-likeness (QED) is 0.718. The maximum Gasteiger partial charge on any atom is 0.258 e. The molecule has 0 aliphatic carbocycles. The van der Waals surface area contributed by atoms with Gasteiger partial charge in [0.2, 0.25) is 0 Å². The number of hydrogen-bond donors (Lipinski definition) is 2. The van der Waals surface area contributed by atoms with E-state index in [-0.39, 0.29) is 17.6 Å². The van der Waals surface area contributed by atoms with Crippen LogP contribution in [-0.2, 0) is 0 Å². The van der Waals surface area contributed by atoms with Crippen LogP contribution in [0.1, 0.15) is 50.2 Å². The number of aromatic amines is 1. The molecule has 0 radical (unpaired) electrons. The number of hydrogen-bond acceptors (Lipinski definition) is 3. The average Bonchev–Trinajstić information content (AvgIpc) is 2.62. The van der Waals surface area contributed by atoms with Crippen molar-refractivity contribution >= 4 is 10.9 Å². The molecule has 2 N–H and O–H groups in total. The van der Waals surface area contributed by atoms with E-state index in [0.717, 1.165) is 18.4 Å². The van der Waals surface area contributed by atoms with Crippen LogP contribution < -0.4 is 10.9 Å². The fraction of sp³-hybridized carbons (Fsp3) is 0.300. The van der Waals surface area contributed by atoms with Crippen molar-refractivity contribution < 1.29 is 0 Å². The summed E-state index contributed by atoms with van der Waals surface area (Å²) in [6.07, 6.45) is 2.12. The highest BCUT2D eigenvalue weighted by Gasteiger charge is 2.17. The highest BCUT2D eigenvalue weighted by Crippen LogP contribution is 2.22. The molecule has 24 heavy (non-hydrogen) atoms.